The van der Waals surface area contributed by atoms with Gasteiger partial charge in [-0.15, -0.1) is 0 Å². The molecular weight excluding hydrogens is 322 g/mol. The van der Waals surface area contributed by atoms with Crippen molar-refractivity contribution in [3.63, 3.8) is 0 Å². The first-order valence-electron chi connectivity index (χ1n) is 8.00. The molecule has 24 heavy (non-hydrogen) atoms. The van der Waals surface area contributed by atoms with Crippen LogP contribution in [0.4, 0.5) is 0 Å². The Balaban J connectivity index is 1.98. The Bertz CT molecular complexity index is 842. The van der Waals surface area contributed by atoms with E-state index in [-0.39, 0.29) is 5.91 Å². The summed E-state index contributed by atoms with van der Waals surface area (Å²) in [6.45, 7) is 1.51. The van der Waals surface area contributed by atoms with E-state index in [0.717, 1.165) is 35.0 Å². The van der Waals surface area contributed by atoms with Crippen LogP contribution in [0.5, 0.6) is 0 Å². The van der Waals surface area contributed by atoms with Crippen molar-refractivity contribution in [2.24, 2.45) is 0 Å². The number of aromatic amines is 1. The van der Waals surface area contributed by atoms with E-state index in [2.05, 4.69) is 15.6 Å². The molecule has 0 aliphatic carbocycles. The van der Waals surface area contributed by atoms with Crippen LogP contribution in [0, 0.1) is 0 Å². The van der Waals surface area contributed by atoms with Gasteiger partial charge >= 0.3 is 0 Å². The average molecular weight is 342 g/mol. The molecule has 3 aromatic rings. The number of hydrogen-bond acceptors (Lipinski definition) is 2. The van der Waals surface area contributed by atoms with E-state index in [0.29, 0.717) is 17.3 Å². The van der Waals surface area contributed by atoms with Crippen molar-refractivity contribution in [3.05, 3.63) is 59.2 Å². The van der Waals surface area contributed by atoms with Crippen LogP contribution in [-0.2, 0) is 0 Å². The fraction of sp³-hybridized carbons (Fsp3) is 0.211. The summed E-state index contributed by atoms with van der Waals surface area (Å²) in [5.74, 6) is -0.0967. The van der Waals surface area contributed by atoms with Crippen molar-refractivity contribution in [2.75, 3.05) is 20.1 Å². The SMILES string of the molecule is CNCCCNC(=O)c1[nH]c(-c2ccccc2)c2cc(Cl)ccc12. The third-order valence-electron chi connectivity index (χ3n) is 3.95. The number of aromatic nitrogens is 1. The van der Waals surface area contributed by atoms with E-state index in [4.69, 9.17) is 11.6 Å². The first kappa shape index (κ1) is 16.6. The largest absolute Gasteiger partial charge is 0.351 e. The smallest absolute Gasteiger partial charge is 0.268 e. The molecule has 0 unspecified atom stereocenters. The van der Waals surface area contributed by atoms with Crippen molar-refractivity contribution in [3.8, 4) is 11.3 Å². The highest BCUT2D eigenvalue weighted by molar-refractivity contribution is 6.31. The molecule has 0 spiro atoms. The van der Waals surface area contributed by atoms with E-state index >= 15 is 0 Å². The van der Waals surface area contributed by atoms with E-state index < -0.39 is 0 Å². The Labute approximate surface area is 146 Å². The number of fused-ring (bicyclic) bond motifs is 1. The number of nitrogens with one attached hydrogen (secondary N) is 3. The highest BCUT2D eigenvalue weighted by atomic mass is 35.5. The molecule has 0 aliphatic heterocycles. The Morgan fingerprint density at radius 1 is 1.08 bits per heavy atom. The fourth-order valence-corrected chi connectivity index (χ4v) is 2.94. The summed E-state index contributed by atoms with van der Waals surface area (Å²) in [6, 6.07) is 15.5. The molecule has 2 aromatic carbocycles. The molecule has 124 valence electrons. The van der Waals surface area contributed by atoms with Gasteiger partial charge in [-0.2, -0.15) is 0 Å². The predicted octanol–water partition coefficient (Wildman–Crippen LogP) is 3.83. The van der Waals surface area contributed by atoms with E-state index in [9.17, 15) is 4.79 Å². The maximum Gasteiger partial charge on any atom is 0.268 e. The van der Waals surface area contributed by atoms with Gasteiger partial charge in [-0.3, -0.25) is 4.79 Å². The molecule has 3 N–H and O–H groups in total. The molecule has 0 saturated carbocycles. The number of benzene rings is 2. The number of halogens is 1. The maximum atomic E-state index is 12.6. The molecule has 4 nitrogen and oxygen atoms in total. The number of amides is 1. The maximum absolute atomic E-state index is 12.6. The molecule has 0 radical (unpaired) electrons. The zero-order valence-electron chi connectivity index (χ0n) is 13.5. The van der Waals surface area contributed by atoms with Crippen molar-refractivity contribution in [1.82, 2.24) is 15.6 Å². The summed E-state index contributed by atoms with van der Waals surface area (Å²) in [6.07, 6.45) is 0.887. The van der Waals surface area contributed by atoms with Gasteiger partial charge in [-0.1, -0.05) is 48.0 Å². The second kappa shape index (κ2) is 7.51. The monoisotopic (exact) mass is 341 g/mol. The van der Waals surface area contributed by atoms with Gasteiger partial charge < -0.3 is 15.6 Å². The lowest BCUT2D eigenvalue weighted by Crippen LogP contribution is -2.27. The van der Waals surface area contributed by atoms with Gasteiger partial charge in [-0.25, -0.2) is 0 Å². The van der Waals surface area contributed by atoms with Crippen LogP contribution in [0.1, 0.15) is 16.9 Å². The van der Waals surface area contributed by atoms with Gasteiger partial charge in [0, 0.05) is 22.3 Å². The van der Waals surface area contributed by atoms with Crippen LogP contribution in [0.25, 0.3) is 22.0 Å². The molecule has 0 atom stereocenters. The molecule has 0 bridgehead atoms. The molecular formula is C19H20ClN3O. The summed E-state index contributed by atoms with van der Waals surface area (Å²) < 4.78 is 0. The molecule has 1 heterocycles. The number of H-pyrrole nitrogens is 1. The van der Waals surface area contributed by atoms with E-state index in [1.807, 2.05) is 55.6 Å². The Morgan fingerprint density at radius 3 is 2.62 bits per heavy atom. The summed E-state index contributed by atoms with van der Waals surface area (Å²) >= 11 is 6.16. The average Bonchev–Trinajstić information content (AvgIpc) is 2.98. The highest BCUT2D eigenvalue weighted by Gasteiger charge is 2.17. The zero-order chi connectivity index (χ0) is 16.9. The predicted molar refractivity (Wildman–Crippen MR) is 99.6 cm³/mol. The lowest BCUT2D eigenvalue weighted by atomic mass is 10.1. The molecule has 5 heteroatoms. The van der Waals surface area contributed by atoms with Crippen LogP contribution in [0.2, 0.25) is 5.02 Å². The van der Waals surface area contributed by atoms with Crippen molar-refractivity contribution in [2.45, 2.75) is 6.42 Å². The van der Waals surface area contributed by atoms with Gasteiger partial charge in [-0.05, 0) is 37.7 Å². The van der Waals surface area contributed by atoms with Gasteiger partial charge in [0.25, 0.3) is 5.91 Å². The topological polar surface area (TPSA) is 56.9 Å². The second-order valence-electron chi connectivity index (χ2n) is 5.64. The summed E-state index contributed by atoms with van der Waals surface area (Å²) in [5, 5.41) is 8.52. The van der Waals surface area contributed by atoms with E-state index in [1.54, 1.807) is 0 Å². The first-order chi connectivity index (χ1) is 11.7. The fourth-order valence-electron chi connectivity index (χ4n) is 2.77. The Hall–Kier alpha value is -2.30. The molecule has 0 aliphatic rings. The van der Waals surface area contributed by atoms with Gasteiger partial charge in [0.1, 0.15) is 5.69 Å². The number of hydrogen-bond donors (Lipinski definition) is 3. The zero-order valence-corrected chi connectivity index (χ0v) is 14.3. The van der Waals surface area contributed by atoms with Crippen LogP contribution in [0.15, 0.2) is 48.5 Å². The minimum absolute atomic E-state index is 0.0967. The normalized spacial score (nSPS) is 10.9. The lowest BCUT2D eigenvalue weighted by molar-refractivity contribution is 0.0950. The molecule has 0 saturated heterocycles. The third-order valence-corrected chi connectivity index (χ3v) is 4.18. The lowest BCUT2D eigenvalue weighted by Gasteiger charge is -2.04. The number of carbonyl (C=O) groups excluding carboxylic acids is 1. The Kier molecular flexibility index (Phi) is 5.18. The third kappa shape index (κ3) is 3.45. The highest BCUT2D eigenvalue weighted by Crippen LogP contribution is 2.32. The molecule has 1 amide bonds. The quantitative estimate of drug-likeness (QED) is 0.597. The minimum atomic E-state index is -0.0967. The van der Waals surface area contributed by atoms with Crippen LogP contribution >= 0.6 is 11.6 Å². The Morgan fingerprint density at radius 2 is 1.88 bits per heavy atom. The van der Waals surface area contributed by atoms with Crippen LogP contribution in [0.3, 0.4) is 0 Å². The van der Waals surface area contributed by atoms with Gasteiger partial charge in [0.2, 0.25) is 0 Å². The first-order valence-corrected chi connectivity index (χ1v) is 8.38. The van der Waals surface area contributed by atoms with Gasteiger partial charge in [0.15, 0.2) is 0 Å². The minimum Gasteiger partial charge on any atom is -0.351 e. The standard InChI is InChI=1S/C19H20ClN3O/c1-21-10-5-11-22-19(24)18-15-9-8-14(20)12-16(15)17(23-18)13-6-3-2-4-7-13/h2-4,6-9,12,21,23H,5,10-11H2,1H3,(H,22,24). The molecule has 0 fully saturated rings. The summed E-state index contributed by atoms with van der Waals surface area (Å²) in [7, 11) is 1.90. The molecule has 3 rings (SSSR count). The summed E-state index contributed by atoms with van der Waals surface area (Å²) in [5.41, 5.74) is 2.51. The number of rotatable bonds is 6. The van der Waals surface area contributed by atoms with Crippen LogP contribution in [-0.4, -0.2) is 31.0 Å². The van der Waals surface area contributed by atoms with Crippen LogP contribution < -0.4 is 10.6 Å². The van der Waals surface area contributed by atoms with Gasteiger partial charge in [0.05, 0.1) is 5.69 Å². The van der Waals surface area contributed by atoms with Crippen molar-refractivity contribution < 1.29 is 4.79 Å². The summed E-state index contributed by atoms with van der Waals surface area (Å²) in [4.78, 5) is 15.8. The number of carbonyl (C=O) groups is 1. The van der Waals surface area contributed by atoms with Crippen molar-refractivity contribution >= 4 is 28.3 Å². The van der Waals surface area contributed by atoms with Crippen molar-refractivity contribution in [1.29, 1.82) is 0 Å². The van der Waals surface area contributed by atoms with E-state index in [1.165, 1.54) is 0 Å². The second-order valence-corrected chi connectivity index (χ2v) is 6.08. The molecule has 1 aromatic heterocycles.